The highest BCUT2D eigenvalue weighted by Crippen LogP contribution is 2.66. The van der Waals surface area contributed by atoms with Gasteiger partial charge in [0, 0.05) is 0 Å². The Morgan fingerprint density at radius 2 is 2.00 bits per heavy atom. The zero-order valence-electron chi connectivity index (χ0n) is 14.3. The SMILES string of the molecule is CC1(C)[C@@H]2[C@H]([C@@H](C#N)c3ccc(F)c(Oc4ccccc4)c3)OC[C@@H]21. The average Bonchev–Trinajstić information content (AvgIpc) is 2.95. The fraction of sp³-hybridized carbons (Fsp3) is 0.381. The number of nitriles is 1. The van der Waals surface area contributed by atoms with Gasteiger partial charge in [0.15, 0.2) is 11.6 Å². The highest BCUT2D eigenvalue weighted by molar-refractivity contribution is 5.39. The van der Waals surface area contributed by atoms with Crippen molar-refractivity contribution in [3.8, 4) is 17.6 Å². The Kier molecular flexibility index (Phi) is 3.77. The van der Waals surface area contributed by atoms with Gasteiger partial charge in [0.25, 0.3) is 0 Å². The first kappa shape index (κ1) is 16.1. The maximum atomic E-state index is 14.2. The zero-order chi connectivity index (χ0) is 17.6. The molecule has 0 aromatic heterocycles. The van der Waals surface area contributed by atoms with Gasteiger partial charge in [-0.15, -0.1) is 0 Å². The molecule has 1 heterocycles. The van der Waals surface area contributed by atoms with E-state index in [0.29, 0.717) is 24.2 Å². The maximum Gasteiger partial charge on any atom is 0.165 e. The summed E-state index contributed by atoms with van der Waals surface area (Å²) in [6.07, 6.45) is -0.139. The van der Waals surface area contributed by atoms with E-state index in [0.717, 1.165) is 5.56 Å². The molecule has 1 saturated carbocycles. The number of benzene rings is 2. The molecule has 0 N–H and O–H groups in total. The molecule has 0 unspecified atom stereocenters. The van der Waals surface area contributed by atoms with Crippen LogP contribution in [0.25, 0.3) is 0 Å². The summed E-state index contributed by atoms with van der Waals surface area (Å²) in [5.41, 5.74) is 0.963. The third-order valence-electron chi connectivity index (χ3n) is 5.71. The van der Waals surface area contributed by atoms with E-state index in [1.807, 2.05) is 18.2 Å². The molecule has 2 fully saturated rings. The van der Waals surface area contributed by atoms with Gasteiger partial charge in [-0.1, -0.05) is 38.1 Å². The standard InChI is InChI=1S/C21H20FNO2/c1-21(2)16-12-24-20(19(16)21)15(11-23)13-8-9-17(22)18(10-13)25-14-6-4-3-5-7-14/h3-10,15-16,19-20H,12H2,1-2H3/t15-,16-,19-,20-/m0/s1. The largest absolute Gasteiger partial charge is 0.454 e. The third kappa shape index (κ3) is 2.69. The van der Waals surface area contributed by atoms with E-state index in [9.17, 15) is 9.65 Å². The van der Waals surface area contributed by atoms with Crippen LogP contribution in [0.5, 0.6) is 11.5 Å². The van der Waals surface area contributed by atoms with Crippen LogP contribution in [0.15, 0.2) is 48.5 Å². The minimum absolute atomic E-state index is 0.133. The summed E-state index contributed by atoms with van der Waals surface area (Å²) in [4.78, 5) is 0. The van der Waals surface area contributed by atoms with Crippen LogP contribution >= 0.6 is 0 Å². The third-order valence-corrected chi connectivity index (χ3v) is 5.71. The quantitative estimate of drug-likeness (QED) is 0.797. The molecule has 4 rings (SSSR count). The van der Waals surface area contributed by atoms with Gasteiger partial charge in [-0.2, -0.15) is 5.26 Å². The highest BCUT2D eigenvalue weighted by atomic mass is 19.1. The minimum Gasteiger partial charge on any atom is -0.454 e. The van der Waals surface area contributed by atoms with E-state index in [4.69, 9.17) is 9.47 Å². The average molecular weight is 337 g/mol. The monoisotopic (exact) mass is 337 g/mol. The molecule has 4 atom stereocenters. The number of ether oxygens (including phenoxy) is 2. The minimum atomic E-state index is -0.443. The fourth-order valence-corrected chi connectivity index (χ4v) is 4.12. The second-order valence-electron chi connectivity index (χ2n) is 7.46. The molecule has 2 aromatic carbocycles. The Labute approximate surface area is 147 Å². The molecular formula is C21H20FNO2. The van der Waals surface area contributed by atoms with Crippen molar-refractivity contribution in [2.75, 3.05) is 6.61 Å². The predicted octanol–water partition coefficient (Wildman–Crippen LogP) is 4.90. The number of halogens is 1. The molecule has 0 spiro atoms. The molecule has 1 aliphatic heterocycles. The summed E-state index contributed by atoms with van der Waals surface area (Å²) in [6, 6.07) is 16.1. The van der Waals surface area contributed by atoms with Gasteiger partial charge >= 0.3 is 0 Å². The Hall–Kier alpha value is -2.38. The normalized spacial score (nSPS) is 27.2. The van der Waals surface area contributed by atoms with Crippen molar-refractivity contribution in [3.05, 3.63) is 59.9 Å². The molecule has 0 radical (unpaired) electrons. The second kappa shape index (κ2) is 5.86. The number of para-hydroxylation sites is 1. The van der Waals surface area contributed by atoms with E-state index in [2.05, 4.69) is 19.9 Å². The van der Waals surface area contributed by atoms with Gasteiger partial charge in [0.05, 0.1) is 24.7 Å². The van der Waals surface area contributed by atoms with E-state index in [1.54, 1.807) is 24.3 Å². The van der Waals surface area contributed by atoms with Crippen molar-refractivity contribution in [2.45, 2.75) is 25.9 Å². The zero-order valence-corrected chi connectivity index (χ0v) is 14.3. The van der Waals surface area contributed by atoms with Gasteiger partial charge in [0.1, 0.15) is 5.75 Å². The topological polar surface area (TPSA) is 42.2 Å². The molecule has 25 heavy (non-hydrogen) atoms. The molecule has 0 bridgehead atoms. The Balaban J connectivity index is 1.62. The van der Waals surface area contributed by atoms with E-state index in [-0.39, 0.29) is 17.3 Å². The lowest BCUT2D eigenvalue weighted by Crippen LogP contribution is -2.24. The fourth-order valence-electron chi connectivity index (χ4n) is 4.12. The summed E-state index contributed by atoms with van der Waals surface area (Å²) < 4.78 is 25.7. The summed E-state index contributed by atoms with van der Waals surface area (Å²) in [7, 11) is 0. The summed E-state index contributed by atoms with van der Waals surface area (Å²) in [6.45, 7) is 5.15. The summed E-state index contributed by atoms with van der Waals surface area (Å²) in [5.74, 6) is 0.743. The van der Waals surface area contributed by atoms with E-state index >= 15 is 0 Å². The van der Waals surface area contributed by atoms with Crippen molar-refractivity contribution < 1.29 is 13.9 Å². The second-order valence-corrected chi connectivity index (χ2v) is 7.46. The van der Waals surface area contributed by atoms with Crippen LogP contribution in [0, 0.1) is 34.4 Å². The lowest BCUT2D eigenvalue weighted by molar-refractivity contribution is 0.0461. The van der Waals surface area contributed by atoms with E-state index in [1.165, 1.54) is 6.07 Å². The first-order chi connectivity index (χ1) is 12.0. The lowest BCUT2D eigenvalue weighted by Gasteiger charge is -2.23. The summed E-state index contributed by atoms with van der Waals surface area (Å²) in [5, 5.41) is 9.73. The van der Waals surface area contributed by atoms with Crippen molar-refractivity contribution in [2.24, 2.45) is 17.3 Å². The van der Waals surface area contributed by atoms with Crippen molar-refractivity contribution >= 4 is 0 Å². The number of fused-ring (bicyclic) bond motifs is 1. The molecule has 4 heteroatoms. The van der Waals surface area contributed by atoms with Crippen LogP contribution < -0.4 is 4.74 Å². The summed E-state index contributed by atoms with van der Waals surface area (Å²) >= 11 is 0. The van der Waals surface area contributed by atoms with Crippen LogP contribution in [0.3, 0.4) is 0 Å². The highest BCUT2D eigenvalue weighted by Gasteiger charge is 2.66. The molecule has 128 valence electrons. The molecule has 1 aliphatic carbocycles. The van der Waals surface area contributed by atoms with Gasteiger partial charge in [-0.25, -0.2) is 4.39 Å². The van der Waals surface area contributed by atoms with Gasteiger partial charge in [-0.3, -0.25) is 0 Å². The van der Waals surface area contributed by atoms with E-state index < -0.39 is 11.7 Å². The van der Waals surface area contributed by atoms with Crippen LogP contribution in [-0.2, 0) is 4.74 Å². The predicted molar refractivity (Wildman–Crippen MR) is 91.8 cm³/mol. The molecule has 0 amide bonds. The first-order valence-corrected chi connectivity index (χ1v) is 8.56. The number of hydrogen-bond acceptors (Lipinski definition) is 3. The molecule has 2 aliphatic rings. The van der Waals surface area contributed by atoms with Gasteiger partial charge < -0.3 is 9.47 Å². The smallest absolute Gasteiger partial charge is 0.165 e. The number of nitrogens with zero attached hydrogens (tertiary/aromatic N) is 1. The van der Waals surface area contributed by atoms with Crippen LogP contribution in [0.1, 0.15) is 25.3 Å². The Morgan fingerprint density at radius 1 is 1.24 bits per heavy atom. The first-order valence-electron chi connectivity index (χ1n) is 8.56. The van der Waals surface area contributed by atoms with Crippen LogP contribution in [-0.4, -0.2) is 12.7 Å². The van der Waals surface area contributed by atoms with Gasteiger partial charge in [0.2, 0.25) is 0 Å². The number of rotatable bonds is 4. The van der Waals surface area contributed by atoms with Crippen molar-refractivity contribution in [3.63, 3.8) is 0 Å². The van der Waals surface area contributed by atoms with Crippen LogP contribution in [0.4, 0.5) is 4.39 Å². The van der Waals surface area contributed by atoms with Crippen molar-refractivity contribution in [1.29, 1.82) is 5.26 Å². The lowest BCUT2D eigenvalue weighted by atomic mass is 9.89. The number of hydrogen-bond donors (Lipinski definition) is 0. The maximum absolute atomic E-state index is 14.2. The van der Waals surface area contributed by atoms with Gasteiger partial charge in [-0.05, 0) is 47.1 Å². The molecular weight excluding hydrogens is 317 g/mol. The van der Waals surface area contributed by atoms with Crippen LogP contribution in [0.2, 0.25) is 0 Å². The molecule has 2 aromatic rings. The Bertz CT molecular complexity index is 828. The molecule has 1 saturated heterocycles. The van der Waals surface area contributed by atoms with Crippen molar-refractivity contribution in [1.82, 2.24) is 0 Å². The Morgan fingerprint density at radius 3 is 2.64 bits per heavy atom. The molecule has 3 nitrogen and oxygen atoms in total.